The number of amides is 2. The number of hydrogen-bond acceptors (Lipinski definition) is 3. The van der Waals surface area contributed by atoms with Gasteiger partial charge in [0.15, 0.2) is 0 Å². The topological polar surface area (TPSA) is 57.6 Å². The Labute approximate surface area is 97.7 Å². The van der Waals surface area contributed by atoms with Crippen molar-refractivity contribution in [3.63, 3.8) is 0 Å². The quantitative estimate of drug-likeness (QED) is 0.798. The third-order valence-electron chi connectivity index (χ3n) is 2.77. The molecule has 1 fully saturated rings. The monoisotopic (exact) mass is 237 g/mol. The molecule has 1 N–H and O–H groups in total. The summed E-state index contributed by atoms with van der Waals surface area (Å²) in [7, 11) is 0. The number of β-amino-alcohol motifs (C(OH)–C–C–N with tert-alkyl or cyclic N) is 1. The van der Waals surface area contributed by atoms with Crippen LogP contribution in [0.2, 0.25) is 0 Å². The predicted octanol–water partition coefficient (Wildman–Crippen LogP) is 1.01. The van der Waals surface area contributed by atoms with E-state index in [-0.39, 0.29) is 36.8 Å². The smallest absolute Gasteiger partial charge is 0.229 e. The molecule has 0 spiro atoms. The number of hydrogen-bond donors (Lipinski definition) is 1. The Morgan fingerprint density at radius 1 is 1.24 bits per heavy atom. The van der Waals surface area contributed by atoms with Crippen molar-refractivity contribution in [3.8, 4) is 0 Å². The van der Waals surface area contributed by atoms with Crippen molar-refractivity contribution in [1.29, 1.82) is 0 Å². The molecule has 5 heteroatoms. The summed E-state index contributed by atoms with van der Waals surface area (Å²) in [5.74, 6) is -1.17. The summed E-state index contributed by atoms with van der Waals surface area (Å²) in [4.78, 5) is 23.7. The largest absolute Gasteiger partial charge is 0.386 e. The van der Waals surface area contributed by atoms with E-state index in [9.17, 15) is 19.1 Å². The second-order valence-corrected chi connectivity index (χ2v) is 3.94. The van der Waals surface area contributed by atoms with Crippen molar-refractivity contribution >= 4 is 11.8 Å². The van der Waals surface area contributed by atoms with Gasteiger partial charge < -0.3 is 5.11 Å². The van der Waals surface area contributed by atoms with Crippen LogP contribution in [-0.2, 0) is 9.59 Å². The molecule has 4 nitrogen and oxygen atoms in total. The molecule has 0 aromatic heterocycles. The van der Waals surface area contributed by atoms with Crippen LogP contribution in [0.15, 0.2) is 24.3 Å². The third kappa shape index (κ3) is 2.34. The zero-order valence-corrected chi connectivity index (χ0v) is 9.10. The second-order valence-electron chi connectivity index (χ2n) is 3.94. The first-order valence-corrected chi connectivity index (χ1v) is 5.35. The zero-order valence-electron chi connectivity index (χ0n) is 9.10. The Morgan fingerprint density at radius 2 is 1.82 bits per heavy atom. The maximum atomic E-state index is 13.4. The van der Waals surface area contributed by atoms with E-state index in [4.69, 9.17) is 0 Å². The molecule has 2 amide bonds. The van der Waals surface area contributed by atoms with Gasteiger partial charge in [-0.3, -0.25) is 14.5 Å². The van der Waals surface area contributed by atoms with Crippen LogP contribution in [0.5, 0.6) is 0 Å². The van der Waals surface area contributed by atoms with Crippen LogP contribution in [0.4, 0.5) is 4.39 Å². The van der Waals surface area contributed by atoms with Crippen LogP contribution in [0.1, 0.15) is 24.5 Å². The SMILES string of the molecule is O=C1CCC(=O)N1CC(O)c1ccccc1F. The van der Waals surface area contributed by atoms with E-state index in [1.54, 1.807) is 6.07 Å². The van der Waals surface area contributed by atoms with Crippen molar-refractivity contribution in [2.45, 2.75) is 18.9 Å². The Hall–Kier alpha value is -1.75. The number of likely N-dealkylation sites (tertiary alicyclic amines) is 1. The van der Waals surface area contributed by atoms with Gasteiger partial charge in [-0.15, -0.1) is 0 Å². The van der Waals surface area contributed by atoms with Gasteiger partial charge >= 0.3 is 0 Å². The fraction of sp³-hybridized carbons (Fsp3) is 0.333. The maximum absolute atomic E-state index is 13.4. The number of aliphatic hydroxyl groups is 1. The van der Waals surface area contributed by atoms with Crippen molar-refractivity contribution in [3.05, 3.63) is 35.6 Å². The highest BCUT2D eigenvalue weighted by molar-refractivity contribution is 6.01. The first kappa shape index (κ1) is 11.7. The molecule has 0 saturated carbocycles. The third-order valence-corrected chi connectivity index (χ3v) is 2.77. The Balaban J connectivity index is 2.12. The molecule has 2 rings (SSSR count). The number of carbonyl (C=O) groups is 2. The number of nitrogens with zero attached hydrogens (tertiary/aromatic N) is 1. The van der Waals surface area contributed by atoms with Crippen molar-refractivity contribution in [1.82, 2.24) is 4.90 Å². The van der Waals surface area contributed by atoms with Crippen molar-refractivity contribution < 1.29 is 19.1 Å². The van der Waals surface area contributed by atoms with Crippen LogP contribution in [0, 0.1) is 5.82 Å². The summed E-state index contributed by atoms with van der Waals surface area (Å²) in [6, 6.07) is 5.77. The van der Waals surface area contributed by atoms with Crippen LogP contribution in [-0.4, -0.2) is 28.4 Å². The number of benzene rings is 1. The molecule has 1 aliphatic rings. The van der Waals surface area contributed by atoms with E-state index in [1.807, 2.05) is 0 Å². The normalized spacial score (nSPS) is 17.6. The van der Waals surface area contributed by atoms with E-state index in [0.29, 0.717) is 0 Å². The highest BCUT2D eigenvalue weighted by Crippen LogP contribution is 2.21. The number of halogens is 1. The van der Waals surface area contributed by atoms with Crippen molar-refractivity contribution in [2.24, 2.45) is 0 Å². The van der Waals surface area contributed by atoms with E-state index in [2.05, 4.69) is 0 Å². The number of rotatable bonds is 3. The summed E-state index contributed by atoms with van der Waals surface area (Å²) in [5, 5.41) is 9.81. The lowest BCUT2D eigenvalue weighted by atomic mass is 10.1. The summed E-state index contributed by atoms with van der Waals surface area (Å²) >= 11 is 0. The fourth-order valence-electron chi connectivity index (χ4n) is 1.84. The van der Waals surface area contributed by atoms with Crippen molar-refractivity contribution in [2.75, 3.05) is 6.54 Å². The van der Waals surface area contributed by atoms with Gasteiger partial charge in [-0.2, -0.15) is 0 Å². The Kier molecular flexibility index (Phi) is 3.19. The van der Waals surface area contributed by atoms with E-state index in [1.165, 1.54) is 18.2 Å². The van der Waals surface area contributed by atoms with Gasteiger partial charge in [0, 0.05) is 18.4 Å². The summed E-state index contributed by atoms with van der Waals surface area (Å²) in [6.07, 6.45) is -0.840. The maximum Gasteiger partial charge on any atom is 0.229 e. The molecule has 0 bridgehead atoms. The standard InChI is InChI=1S/C12H12FNO3/c13-9-4-2-1-3-8(9)10(15)7-14-11(16)5-6-12(14)17/h1-4,10,15H,5-7H2. The predicted molar refractivity (Wildman–Crippen MR) is 57.3 cm³/mol. The molecular formula is C12H12FNO3. The van der Waals surface area contributed by atoms with Gasteiger partial charge in [-0.1, -0.05) is 18.2 Å². The molecule has 1 saturated heterocycles. The molecular weight excluding hydrogens is 225 g/mol. The minimum Gasteiger partial charge on any atom is -0.386 e. The average molecular weight is 237 g/mol. The van der Waals surface area contributed by atoms with E-state index in [0.717, 1.165) is 4.90 Å². The lowest BCUT2D eigenvalue weighted by Crippen LogP contribution is -2.33. The molecule has 1 atom stereocenters. The minimum absolute atomic E-state index is 0.0972. The lowest BCUT2D eigenvalue weighted by Gasteiger charge is -2.18. The molecule has 17 heavy (non-hydrogen) atoms. The Morgan fingerprint density at radius 3 is 2.41 bits per heavy atom. The van der Waals surface area contributed by atoms with Gasteiger partial charge in [0.25, 0.3) is 0 Å². The molecule has 0 radical (unpaired) electrons. The Bertz CT molecular complexity index is 445. The van der Waals surface area contributed by atoms with Gasteiger partial charge in [-0.05, 0) is 6.07 Å². The van der Waals surface area contributed by atoms with E-state index >= 15 is 0 Å². The first-order valence-electron chi connectivity index (χ1n) is 5.35. The number of carbonyl (C=O) groups excluding carboxylic acids is 2. The second kappa shape index (κ2) is 4.63. The highest BCUT2D eigenvalue weighted by atomic mass is 19.1. The van der Waals surface area contributed by atoms with Gasteiger partial charge in [0.05, 0.1) is 12.6 Å². The van der Waals surface area contributed by atoms with E-state index < -0.39 is 11.9 Å². The van der Waals surface area contributed by atoms with Gasteiger partial charge in [0.1, 0.15) is 5.82 Å². The molecule has 1 unspecified atom stereocenters. The summed E-state index contributed by atoms with van der Waals surface area (Å²) in [6.45, 7) is -0.182. The summed E-state index contributed by atoms with van der Waals surface area (Å²) in [5.41, 5.74) is 0.0972. The highest BCUT2D eigenvalue weighted by Gasteiger charge is 2.31. The molecule has 1 aromatic rings. The average Bonchev–Trinajstić information content (AvgIpc) is 2.61. The van der Waals surface area contributed by atoms with Crippen LogP contribution >= 0.6 is 0 Å². The zero-order chi connectivity index (χ0) is 12.4. The van der Waals surface area contributed by atoms with Gasteiger partial charge in [-0.25, -0.2) is 4.39 Å². The molecule has 0 aliphatic carbocycles. The van der Waals surface area contributed by atoms with Gasteiger partial charge in [0.2, 0.25) is 11.8 Å². The molecule has 1 aliphatic heterocycles. The fourth-order valence-corrected chi connectivity index (χ4v) is 1.84. The first-order chi connectivity index (χ1) is 8.09. The van der Waals surface area contributed by atoms with Crippen LogP contribution < -0.4 is 0 Å². The molecule has 90 valence electrons. The van der Waals surface area contributed by atoms with Crippen LogP contribution in [0.3, 0.4) is 0 Å². The number of imide groups is 1. The number of aliphatic hydroxyl groups excluding tert-OH is 1. The summed E-state index contributed by atoms with van der Waals surface area (Å²) < 4.78 is 13.4. The molecule has 1 aromatic carbocycles. The molecule has 1 heterocycles. The lowest BCUT2D eigenvalue weighted by molar-refractivity contribution is -0.140. The van der Waals surface area contributed by atoms with Crippen LogP contribution in [0.25, 0.3) is 0 Å². The minimum atomic E-state index is -1.18.